The average Bonchev–Trinajstić information content (AvgIpc) is 3.66. The standard InChI is InChI=1S/C44H78N4O17S2/c1-54-12-13-56-16-17-58-20-21-60-24-25-62-28-29-64-32-33-65-31-30-63-27-26-61-23-22-59-19-18-57-15-14-55-11-9-38(49)5-3-2-4-6-39(43(52)46-37-10-34-66-67-36-37)47-44(53)40(35-45)48-41(50)7-8-42(48)51/h7-8,37,39-40H,2-6,9-36,45H2,1H3,(H,46,52)(H,47,53)/t37?,39-,40-/m0/s1. The third kappa shape index (κ3) is 33.0. The second-order valence-electron chi connectivity index (χ2n) is 14.9. The zero-order valence-electron chi connectivity index (χ0n) is 39.5. The first kappa shape index (κ1) is 60.8. The summed E-state index contributed by atoms with van der Waals surface area (Å²) in [5.74, 6) is -0.485. The van der Waals surface area contributed by atoms with Crippen LogP contribution in [0.5, 0.6) is 0 Å². The van der Waals surface area contributed by atoms with E-state index in [4.69, 9.17) is 62.6 Å². The summed E-state index contributed by atoms with van der Waals surface area (Å²) in [5.41, 5.74) is 5.78. The maximum absolute atomic E-state index is 13.3. The van der Waals surface area contributed by atoms with Gasteiger partial charge < -0.3 is 73.2 Å². The van der Waals surface area contributed by atoms with Crippen molar-refractivity contribution in [2.75, 3.05) is 177 Å². The van der Waals surface area contributed by atoms with Crippen molar-refractivity contribution >= 4 is 51.0 Å². The van der Waals surface area contributed by atoms with Crippen LogP contribution >= 0.6 is 21.6 Å². The smallest absolute Gasteiger partial charge is 0.254 e. The fourth-order valence-electron chi connectivity index (χ4n) is 6.07. The molecule has 1 unspecified atom stereocenters. The van der Waals surface area contributed by atoms with Crippen molar-refractivity contribution in [2.45, 2.75) is 63.1 Å². The van der Waals surface area contributed by atoms with Gasteiger partial charge in [-0.2, -0.15) is 0 Å². The van der Waals surface area contributed by atoms with E-state index in [1.807, 2.05) is 0 Å². The highest BCUT2D eigenvalue weighted by molar-refractivity contribution is 8.76. The number of ether oxygens (including phenoxy) is 12. The van der Waals surface area contributed by atoms with Crippen molar-refractivity contribution in [1.29, 1.82) is 0 Å². The second kappa shape index (κ2) is 43.7. The molecule has 0 aromatic carbocycles. The number of methoxy groups -OCH3 is 1. The predicted molar refractivity (Wildman–Crippen MR) is 251 cm³/mol. The number of carbonyl (C=O) groups excluding carboxylic acids is 5. The van der Waals surface area contributed by atoms with E-state index < -0.39 is 29.8 Å². The fraction of sp³-hybridized carbons (Fsp3) is 0.841. The molecule has 388 valence electrons. The molecule has 2 rings (SSSR count). The average molecular weight is 999 g/mol. The minimum Gasteiger partial charge on any atom is -0.382 e. The molecule has 0 aromatic heterocycles. The molecular formula is C44H78N4O17S2. The molecule has 0 spiro atoms. The number of carbonyl (C=O) groups is 5. The Morgan fingerprint density at radius 2 is 1.00 bits per heavy atom. The number of imide groups is 1. The lowest BCUT2D eigenvalue weighted by Gasteiger charge is -2.28. The summed E-state index contributed by atoms with van der Waals surface area (Å²) in [6, 6.07) is -2.12. The van der Waals surface area contributed by atoms with Gasteiger partial charge in [0.15, 0.2) is 0 Å². The first-order valence-electron chi connectivity index (χ1n) is 23.3. The first-order chi connectivity index (χ1) is 32.9. The summed E-state index contributed by atoms with van der Waals surface area (Å²) in [5, 5.41) is 5.75. The highest BCUT2D eigenvalue weighted by atomic mass is 33.1. The van der Waals surface area contributed by atoms with Gasteiger partial charge in [-0.15, -0.1) is 0 Å². The molecule has 23 heteroatoms. The number of nitrogens with two attached hydrogens (primary N) is 1. The van der Waals surface area contributed by atoms with Gasteiger partial charge in [0.25, 0.3) is 11.8 Å². The van der Waals surface area contributed by atoms with Crippen molar-refractivity contribution in [1.82, 2.24) is 15.5 Å². The topological polar surface area (TPSA) is 249 Å². The van der Waals surface area contributed by atoms with E-state index >= 15 is 0 Å². The molecule has 2 aliphatic rings. The number of nitrogens with zero attached hydrogens (tertiary/aromatic N) is 1. The zero-order valence-corrected chi connectivity index (χ0v) is 41.1. The largest absolute Gasteiger partial charge is 0.382 e. The summed E-state index contributed by atoms with van der Waals surface area (Å²) < 4.78 is 65.1. The predicted octanol–water partition coefficient (Wildman–Crippen LogP) is 0.732. The monoisotopic (exact) mass is 998 g/mol. The van der Waals surface area contributed by atoms with Crippen LogP contribution in [-0.2, 0) is 80.8 Å². The first-order valence-corrected chi connectivity index (χ1v) is 25.8. The maximum Gasteiger partial charge on any atom is 0.254 e. The molecule has 0 bridgehead atoms. The Morgan fingerprint density at radius 3 is 1.39 bits per heavy atom. The van der Waals surface area contributed by atoms with Crippen LogP contribution in [0.25, 0.3) is 0 Å². The van der Waals surface area contributed by atoms with Crippen LogP contribution in [0.1, 0.15) is 44.9 Å². The van der Waals surface area contributed by atoms with Crippen LogP contribution in [0.2, 0.25) is 0 Å². The molecule has 4 amide bonds. The molecule has 0 aliphatic carbocycles. The normalized spacial score (nSPS) is 15.9. The Labute approximate surface area is 404 Å². The lowest BCUT2D eigenvalue weighted by Crippen LogP contribution is -2.58. The van der Waals surface area contributed by atoms with E-state index in [2.05, 4.69) is 10.6 Å². The van der Waals surface area contributed by atoms with Crippen LogP contribution in [0.15, 0.2) is 12.2 Å². The van der Waals surface area contributed by atoms with Crippen LogP contribution < -0.4 is 16.4 Å². The van der Waals surface area contributed by atoms with Crippen molar-refractivity contribution < 1.29 is 80.8 Å². The third-order valence-corrected chi connectivity index (χ3v) is 12.2. The van der Waals surface area contributed by atoms with Gasteiger partial charge in [-0.1, -0.05) is 34.4 Å². The zero-order chi connectivity index (χ0) is 48.3. The number of unbranched alkanes of at least 4 members (excludes halogenated alkanes) is 2. The summed E-state index contributed by atoms with van der Waals surface area (Å²) in [7, 11) is 5.08. The SMILES string of the molecule is COCCOCCOCCOCCOCCOCCOCCOCCOCCOCCOCCOCCC(=O)CCCCC[C@H](NC(=O)[C@H](CN)N1C(=O)C=CC1=O)C(=O)NC1CCSSC1. The molecule has 21 nitrogen and oxygen atoms in total. The van der Waals surface area contributed by atoms with Crippen LogP contribution in [0.3, 0.4) is 0 Å². The van der Waals surface area contributed by atoms with Crippen molar-refractivity contribution in [3.63, 3.8) is 0 Å². The summed E-state index contributed by atoms with van der Waals surface area (Å²) in [6.45, 7) is 10.5. The minimum atomic E-state index is -1.23. The quantitative estimate of drug-likeness (QED) is 0.0432. The van der Waals surface area contributed by atoms with Crippen LogP contribution in [0.4, 0.5) is 0 Å². The van der Waals surface area contributed by atoms with Gasteiger partial charge in [0.05, 0.1) is 152 Å². The summed E-state index contributed by atoms with van der Waals surface area (Å²) >= 11 is 0. The number of rotatable bonds is 48. The number of amides is 4. The van der Waals surface area contributed by atoms with E-state index in [0.29, 0.717) is 190 Å². The number of hydrogen-bond donors (Lipinski definition) is 3. The number of Topliss-reactive ketones (excluding diaryl/α,β-unsaturated/α-hetero) is 1. The number of nitrogens with one attached hydrogen (secondary N) is 2. The molecule has 2 heterocycles. The molecule has 0 aromatic rings. The number of hydrogen-bond acceptors (Lipinski definition) is 20. The molecule has 3 atom stereocenters. The summed E-state index contributed by atoms with van der Waals surface area (Å²) in [6.07, 6.45) is 5.87. The molecule has 1 saturated heterocycles. The molecule has 0 saturated carbocycles. The third-order valence-electron chi connectivity index (χ3n) is 9.69. The molecular weight excluding hydrogens is 921 g/mol. The van der Waals surface area contributed by atoms with Crippen molar-refractivity contribution in [2.24, 2.45) is 5.73 Å². The van der Waals surface area contributed by atoms with Gasteiger partial charge in [0.2, 0.25) is 11.8 Å². The van der Waals surface area contributed by atoms with Crippen LogP contribution in [-0.4, -0.2) is 230 Å². The minimum absolute atomic E-state index is 0.0163. The Hall–Kier alpha value is -2.33. The van der Waals surface area contributed by atoms with E-state index in [0.717, 1.165) is 35.0 Å². The number of ketones is 1. The van der Waals surface area contributed by atoms with Crippen molar-refractivity contribution in [3.8, 4) is 0 Å². The van der Waals surface area contributed by atoms with Crippen LogP contribution in [0, 0.1) is 0 Å². The molecule has 2 aliphatic heterocycles. The van der Waals surface area contributed by atoms with E-state index in [-0.39, 0.29) is 24.3 Å². The Morgan fingerprint density at radius 1 is 0.582 bits per heavy atom. The molecule has 1 fully saturated rings. The second-order valence-corrected chi connectivity index (χ2v) is 17.5. The van der Waals surface area contributed by atoms with Gasteiger partial charge >= 0.3 is 0 Å². The highest BCUT2D eigenvalue weighted by Gasteiger charge is 2.36. The Balaban J connectivity index is 1.32. The van der Waals surface area contributed by atoms with Gasteiger partial charge in [0.1, 0.15) is 17.9 Å². The summed E-state index contributed by atoms with van der Waals surface area (Å²) in [4.78, 5) is 64.0. The lowest BCUT2D eigenvalue weighted by molar-refractivity contribution is -0.145. The maximum atomic E-state index is 13.3. The van der Waals surface area contributed by atoms with Gasteiger partial charge in [0, 0.05) is 56.2 Å². The van der Waals surface area contributed by atoms with E-state index in [9.17, 15) is 24.0 Å². The fourth-order valence-corrected chi connectivity index (χ4v) is 8.50. The van der Waals surface area contributed by atoms with Gasteiger partial charge in [-0.05, 0) is 19.3 Å². The van der Waals surface area contributed by atoms with Crippen molar-refractivity contribution in [3.05, 3.63) is 12.2 Å². The Kier molecular flexibility index (Phi) is 39.6. The molecule has 0 radical (unpaired) electrons. The highest BCUT2D eigenvalue weighted by Crippen LogP contribution is 2.29. The van der Waals surface area contributed by atoms with Gasteiger partial charge in [-0.3, -0.25) is 28.9 Å². The van der Waals surface area contributed by atoms with E-state index in [1.54, 1.807) is 28.7 Å². The van der Waals surface area contributed by atoms with Gasteiger partial charge in [-0.25, -0.2) is 0 Å². The molecule has 67 heavy (non-hydrogen) atoms. The Bertz CT molecular complexity index is 1300. The van der Waals surface area contributed by atoms with E-state index in [1.165, 1.54) is 0 Å². The lowest BCUT2D eigenvalue weighted by atomic mass is 10.0. The molecule has 4 N–H and O–H groups in total.